The number of aromatic nitrogens is 1. The van der Waals surface area contributed by atoms with Gasteiger partial charge in [-0.15, -0.1) is 0 Å². The summed E-state index contributed by atoms with van der Waals surface area (Å²) in [5, 5.41) is 0. The molecule has 22 heavy (non-hydrogen) atoms. The Hall–Kier alpha value is -2.10. The number of carbonyl (C=O) groups is 1. The number of rotatable bonds is 3. The van der Waals surface area contributed by atoms with Gasteiger partial charge in [-0.1, -0.05) is 32.0 Å². The number of benzene rings is 1. The number of amides is 1. The minimum absolute atomic E-state index is 0.0456. The van der Waals surface area contributed by atoms with Crippen LogP contribution in [0.2, 0.25) is 0 Å². The zero-order valence-electron chi connectivity index (χ0n) is 13.0. The third kappa shape index (κ3) is 2.43. The van der Waals surface area contributed by atoms with E-state index in [-0.39, 0.29) is 23.7 Å². The molecule has 0 aliphatic carbocycles. The Morgan fingerprint density at radius 2 is 2.05 bits per heavy atom. The zero-order chi connectivity index (χ0) is 15.7. The van der Waals surface area contributed by atoms with Gasteiger partial charge in [0.05, 0.1) is 0 Å². The minimum atomic E-state index is -0.341. The lowest BCUT2D eigenvalue weighted by molar-refractivity contribution is -0.137. The summed E-state index contributed by atoms with van der Waals surface area (Å²) in [5.41, 5.74) is 1.55. The lowest BCUT2D eigenvalue weighted by Gasteiger charge is -2.38. The summed E-state index contributed by atoms with van der Waals surface area (Å²) in [4.78, 5) is 14.6. The Balaban J connectivity index is 2.07. The van der Waals surface area contributed by atoms with E-state index in [9.17, 15) is 9.18 Å². The van der Waals surface area contributed by atoms with Crippen LogP contribution in [-0.2, 0) is 11.3 Å². The SMILES string of the molecule is CC[C@H](C)C(=O)N1CCn2cccc2[C@H]1c1ccccc1F. The van der Waals surface area contributed by atoms with Crippen LogP contribution in [0.3, 0.4) is 0 Å². The Kier molecular flexibility index (Phi) is 4.01. The molecule has 3 nitrogen and oxygen atoms in total. The molecule has 0 bridgehead atoms. The van der Waals surface area contributed by atoms with Crippen LogP contribution in [0.25, 0.3) is 0 Å². The van der Waals surface area contributed by atoms with E-state index in [1.165, 1.54) is 6.07 Å². The quantitative estimate of drug-likeness (QED) is 0.850. The van der Waals surface area contributed by atoms with Gasteiger partial charge in [0.1, 0.15) is 11.9 Å². The maximum Gasteiger partial charge on any atom is 0.226 e. The van der Waals surface area contributed by atoms with Crippen molar-refractivity contribution < 1.29 is 9.18 Å². The Morgan fingerprint density at radius 1 is 1.27 bits per heavy atom. The van der Waals surface area contributed by atoms with Gasteiger partial charge in [-0.05, 0) is 24.6 Å². The van der Waals surface area contributed by atoms with Crippen LogP contribution in [0.1, 0.15) is 37.6 Å². The molecule has 0 N–H and O–H groups in total. The van der Waals surface area contributed by atoms with Crippen LogP contribution in [0.15, 0.2) is 42.6 Å². The number of carbonyl (C=O) groups excluding carboxylic acids is 1. The highest BCUT2D eigenvalue weighted by atomic mass is 19.1. The van der Waals surface area contributed by atoms with E-state index in [0.717, 1.165) is 18.7 Å². The summed E-state index contributed by atoms with van der Waals surface area (Å²) in [7, 11) is 0. The summed E-state index contributed by atoms with van der Waals surface area (Å²) < 4.78 is 16.5. The molecule has 0 saturated heterocycles. The minimum Gasteiger partial charge on any atom is -0.348 e. The van der Waals surface area contributed by atoms with E-state index in [0.29, 0.717) is 12.1 Å². The standard InChI is InChI=1S/C18H21FN2O/c1-3-13(2)18(22)21-12-11-20-10-6-9-16(20)17(21)14-7-4-5-8-15(14)19/h4-10,13,17H,3,11-12H2,1-2H3/t13-,17+/m0/s1. The number of hydrogen-bond donors (Lipinski definition) is 0. The molecule has 0 unspecified atom stereocenters. The fourth-order valence-corrected chi connectivity index (χ4v) is 3.10. The second-order valence-electron chi connectivity index (χ2n) is 5.89. The molecule has 1 aromatic heterocycles. The van der Waals surface area contributed by atoms with Crippen molar-refractivity contribution in [3.8, 4) is 0 Å². The van der Waals surface area contributed by atoms with Crippen LogP contribution < -0.4 is 0 Å². The first-order valence-corrected chi connectivity index (χ1v) is 7.83. The van der Waals surface area contributed by atoms with Crippen molar-refractivity contribution in [1.82, 2.24) is 9.47 Å². The third-order valence-electron chi connectivity index (χ3n) is 4.56. The van der Waals surface area contributed by atoms with Crippen LogP contribution in [0.4, 0.5) is 4.39 Å². The van der Waals surface area contributed by atoms with Crippen molar-refractivity contribution in [1.29, 1.82) is 0 Å². The smallest absolute Gasteiger partial charge is 0.226 e. The summed E-state index contributed by atoms with van der Waals surface area (Å²) in [5.74, 6) is -0.205. The highest BCUT2D eigenvalue weighted by molar-refractivity contribution is 5.79. The first-order chi connectivity index (χ1) is 10.6. The normalized spacial score (nSPS) is 18.9. The second kappa shape index (κ2) is 5.95. The van der Waals surface area contributed by atoms with Gasteiger partial charge in [-0.3, -0.25) is 4.79 Å². The topological polar surface area (TPSA) is 25.2 Å². The monoisotopic (exact) mass is 300 g/mol. The van der Waals surface area contributed by atoms with Crippen molar-refractivity contribution >= 4 is 5.91 Å². The molecule has 4 heteroatoms. The van der Waals surface area contributed by atoms with E-state index in [2.05, 4.69) is 4.57 Å². The fourth-order valence-electron chi connectivity index (χ4n) is 3.10. The van der Waals surface area contributed by atoms with Crippen molar-refractivity contribution in [2.45, 2.75) is 32.9 Å². The van der Waals surface area contributed by atoms with E-state index < -0.39 is 0 Å². The van der Waals surface area contributed by atoms with Gasteiger partial charge in [0.2, 0.25) is 5.91 Å². The number of halogens is 1. The maximum atomic E-state index is 14.3. The first-order valence-electron chi connectivity index (χ1n) is 7.83. The Bertz CT molecular complexity index is 679. The van der Waals surface area contributed by atoms with Gasteiger partial charge in [0.25, 0.3) is 0 Å². The van der Waals surface area contributed by atoms with Crippen LogP contribution >= 0.6 is 0 Å². The molecule has 0 saturated carbocycles. The molecule has 1 amide bonds. The van der Waals surface area contributed by atoms with Gasteiger partial charge in [0.15, 0.2) is 0 Å². The highest BCUT2D eigenvalue weighted by Crippen LogP contribution is 2.34. The van der Waals surface area contributed by atoms with Crippen molar-refractivity contribution in [2.24, 2.45) is 5.92 Å². The van der Waals surface area contributed by atoms with Gasteiger partial charge in [-0.25, -0.2) is 4.39 Å². The van der Waals surface area contributed by atoms with Gasteiger partial charge < -0.3 is 9.47 Å². The zero-order valence-corrected chi connectivity index (χ0v) is 13.0. The summed E-state index contributed by atoms with van der Waals surface area (Å²) in [6, 6.07) is 10.3. The molecular weight excluding hydrogens is 279 g/mol. The molecule has 1 aliphatic rings. The molecule has 2 atom stereocenters. The van der Waals surface area contributed by atoms with Crippen LogP contribution in [0, 0.1) is 11.7 Å². The van der Waals surface area contributed by atoms with Crippen molar-refractivity contribution in [2.75, 3.05) is 6.54 Å². The van der Waals surface area contributed by atoms with Gasteiger partial charge in [0, 0.05) is 36.5 Å². The lowest BCUT2D eigenvalue weighted by atomic mass is 9.97. The number of fused-ring (bicyclic) bond motifs is 1. The molecule has 116 valence electrons. The third-order valence-corrected chi connectivity index (χ3v) is 4.56. The lowest BCUT2D eigenvalue weighted by Crippen LogP contribution is -2.44. The molecule has 1 aromatic carbocycles. The Labute approximate surface area is 130 Å². The summed E-state index contributed by atoms with van der Waals surface area (Å²) >= 11 is 0. The molecule has 0 fully saturated rings. The van der Waals surface area contributed by atoms with Gasteiger partial charge in [-0.2, -0.15) is 0 Å². The molecule has 2 aromatic rings. The van der Waals surface area contributed by atoms with Crippen molar-refractivity contribution in [3.05, 3.63) is 59.7 Å². The van der Waals surface area contributed by atoms with E-state index >= 15 is 0 Å². The second-order valence-corrected chi connectivity index (χ2v) is 5.89. The average Bonchev–Trinajstić information content (AvgIpc) is 3.01. The largest absolute Gasteiger partial charge is 0.348 e. The van der Waals surface area contributed by atoms with E-state index in [1.54, 1.807) is 12.1 Å². The predicted octanol–water partition coefficient (Wildman–Crippen LogP) is 3.60. The fraction of sp³-hybridized carbons (Fsp3) is 0.389. The predicted molar refractivity (Wildman–Crippen MR) is 83.8 cm³/mol. The number of nitrogens with zero attached hydrogens (tertiary/aromatic N) is 2. The Morgan fingerprint density at radius 3 is 2.77 bits per heavy atom. The summed E-state index contributed by atoms with van der Waals surface area (Å²) in [6.45, 7) is 5.32. The molecule has 0 spiro atoms. The molecular formula is C18H21FN2O. The van der Waals surface area contributed by atoms with Crippen LogP contribution in [0.5, 0.6) is 0 Å². The molecule has 1 aliphatic heterocycles. The molecule has 2 heterocycles. The number of hydrogen-bond acceptors (Lipinski definition) is 1. The highest BCUT2D eigenvalue weighted by Gasteiger charge is 2.34. The summed E-state index contributed by atoms with van der Waals surface area (Å²) in [6.07, 6.45) is 2.79. The maximum absolute atomic E-state index is 14.3. The average molecular weight is 300 g/mol. The van der Waals surface area contributed by atoms with Crippen LogP contribution in [-0.4, -0.2) is 21.9 Å². The van der Waals surface area contributed by atoms with E-state index in [1.807, 2.05) is 43.1 Å². The van der Waals surface area contributed by atoms with Gasteiger partial charge >= 0.3 is 0 Å². The molecule has 0 radical (unpaired) electrons. The van der Waals surface area contributed by atoms with E-state index in [4.69, 9.17) is 0 Å². The van der Waals surface area contributed by atoms with Crippen molar-refractivity contribution in [3.63, 3.8) is 0 Å². The first kappa shape index (κ1) is 14.8. The molecule has 3 rings (SSSR count).